The van der Waals surface area contributed by atoms with E-state index in [1.807, 2.05) is 48.3 Å². The number of benzene rings is 2. The first-order valence-electron chi connectivity index (χ1n) is 11.8. The summed E-state index contributed by atoms with van der Waals surface area (Å²) in [4.78, 5) is 25.4. The van der Waals surface area contributed by atoms with Gasteiger partial charge >= 0.3 is 0 Å². The normalized spacial score (nSPS) is 18.6. The zero-order valence-electron chi connectivity index (χ0n) is 19.4. The van der Waals surface area contributed by atoms with Crippen LogP contribution in [-0.4, -0.2) is 60.8 Å². The summed E-state index contributed by atoms with van der Waals surface area (Å²) in [5.74, 6) is 2.80. The number of piperazine rings is 1. The molecule has 176 valence electrons. The topological polar surface area (TPSA) is 73.4 Å². The molecule has 1 atom stereocenters. The lowest BCUT2D eigenvalue weighted by Crippen LogP contribution is -2.46. The fourth-order valence-corrected chi connectivity index (χ4v) is 5.51. The average Bonchev–Trinajstić information content (AvgIpc) is 2.90. The number of carbonyl (C=O) groups excluding carboxylic acids is 1. The molecule has 2 aliphatic heterocycles. The highest BCUT2D eigenvalue weighted by Gasteiger charge is 2.19. The smallest absolute Gasteiger partial charge is 0.229 e. The van der Waals surface area contributed by atoms with Crippen LogP contribution in [0.4, 0.5) is 23.1 Å². The van der Waals surface area contributed by atoms with Crippen LogP contribution in [0.2, 0.25) is 0 Å². The van der Waals surface area contributed by atoms with Crippen molar-refractivity contribution in [3.05, 3.63) is 71.9 Å². The molecule has 8 heteroatoms. The molecule has 7 nitrogen and oxygen atoms in total. The van der Waals surface area contributed by atoms with Crippen molar-refractivity contribution in [1.82, 2.24) is 15.3 Å². The number of Topliss-reactive ketones (excluding diaryl/α,β-unsaturated/α-hetero) is 1. The van der Waals surface area contributed by atoms with E-state index in [-0.39, 0.29) is 5.78 Å². The van der Waals surface area contributed by atoms with Gasteiger partial charge < -0.3 is 20.4 Å². The first kappa shape index (κ1) is 22.7. The van der Waals surface area contributed by atoms with E-state index in [2.05, 4.69) is 49.7 Å². The van der Waals surface area contributed by atoms with Gasteiger partial charge in [0, 0.05) is 73.4 Å². The molecule has 34 heavy (non-hydrogen) atoms. The molecule has 2 saturated heterocycles. The van der Waals surface area contributed by atoms with Gasteiger partial charge in [0.2, 0.25) is 5.95 Å². The van der Waals surface area contributed by atoms with Crippen molar-refractivity contribution in [1.29, 1.82) is 0 Å². The van der Waals surface area contributed by atoms with Gasteiger partial charge in [0.15, 0.2) is 5.78 Å². The van der Waals surface area contributed by atoms with Crippen molar-refractivity contribution in [2.24, 2.45) is 0 Å². The third kappa shape index (κ3) is 5.34. The lowest BCUT2D eigenvalue weighted by Gasteiger charge is -2.36. The number of nitrogens with zero attached hydrogens (tertiary/aromatic N) is 4. The minimum atomic E-state index is 0.0982. The van der Waals surface area contributed by atoms with Gasteiger partial charge in [-0.15, -0.1) is 0 Å². The van der Waals surface area contributed by atoms with Crippen LogP contribution >= 0.6 is 11.8 Å². The molecule has 0 saturated carbocycles. The van der Waals surface area contributed by atoms with E-state index in [4.69, 9.17) is 4.98 Å². The van der Waals surface area contributed by atoms with Crippen molar-refractivity contribution >= 4 is 40.7 Å². The maximum Gasteiger partial charge on any atom is 0.229 e. The Bertz CT molecular complexity index is 1110. The molecule has 2 N–H and O–H groups in total. The zero-order chi connectivity index (χ0) is 23.3. The van der Waals surface area contributed by atoms with E-state index >= 15 is 0 Å². The molecule has 1 unspecified atom stereocenters. The molecule has 2 aromatic carbocycles. The molecule has 0 bridgehead atoms. The predicted octanol–water partition coefficient (Wildman–Crippen LogP) is 4.13. The SMILES string of the molecule is CC(=O)c1ccc(N2CCN(c3ccnc(Nc4ccc(C5CNCCS5)cc4)n3)CC2)cc1. The number of ketones is 1. The highest BCUT2D eigenvalue weighted by atomic mass is 32.2. The minimum Gasteiger partial charge on any atom is -0.368 e. The zero-order valence-corrected chi connectivity index (χ0v) is 20.2. The van der Waals surface area contributed by atoms with Gasteiger partial charge in [-0.25, -0.2) is 4.98 Å². The molecule has 5 rings (SSSR count). The molecule has 2 fully saturated rings. The van der Waals surface area contributed by atoms with Gasteiger partial charge in [-0.3, -0.25) is 4.79 Å². The summed E-state index contributed by atoms with van der Waals surface area (Å²) in [6.45, 7) is 7.29. The summed E-state index contributed by atoms with van der Waals surface area (Å²) in [6, 6.07) is 18.5. The highest BCUT2D eigenvalue weighted by Crippen LogP contribution is 2.31. The highest BCUT2D eigenvalue weighted by molar-refractivity contribution is 7.99. The van der Waals surface area contributed by atoms with Crippen LogP contribution in [0.5, 0.6) is 0 Å². The lowest BCUT2D eigenvalue weighted by molar-refractivity contribution is 0.101. The summed E-state index contributed by atoms with van der Waals surface area (Å²) >= 11 is 2.01. The van der Waals surface area contributed by atoms with Gasteiger partial charge in [-0.05, 0) is 55.0 Å². The van der Waals surface area contributed by atoms with Crippen molar-refractivity contribution in [3.8, 4) is 0 Å². The van der Waals surface area contributed by atoms with Crippen LogP contribution in [0.25, 0.3) is 0 Å². The van der Waals surface area contributed by atoms with E-state index < -0.39 is 0 Å². The number of anilines is 4. The number of thioether (sulfide) groups is 1. The van der Waals surface area contributed by atoms with Gasteiger partial charge in [0.1, 0.15) is 5.82 Å². The Labute approximate surface area is 205 Å². The number of hydrogen-bond donors (Lipinski definition) is 2. The van der Waals surface area contributed by atoms with Gasteiger partial charge in [-0.1, -0.05) is 12.1 Å². The molecule has 0 aliphatic carbocycles. The maximum absolute atomic E-state index is 11.5. The number of carbonyl (C=O) groups is 1. The Hall–Kier alpha value is -3.10. The fourth-order valence-electron chi connectivity index (χ4n) is 4.38. The van der Waals surface area contributed by atoms with Crippen molar-refractivity contribution in [2.75, 3.05) is 60.1 Å². The van der Waals surface area contributed by atoms with Crippen LogP contribution in [-0.2, 0) is 0 Å². The third-order valence-electron chi connectivity index (χ3n) is 6.35. The Morgan fingerprint density at radius 3 is 2.41 bits per heavy atom. The van der Waals surface area contributed by atoms with Crippen LogP contribution in [0, 0.1) is 0 Å². The summed E-state index contributed by atoms with van der Waals surface area (Å²) in [6.07, 6.45) is 1.82. The van der Waals surface area contributed by atoms with Crippen LogP contribution < -0.4 is 20.4 Å². The molecule has 3 heterocycles. The molecule has 0 radical (unpaired) electrons. The number of rotatable bonds is 6. The second-order valence-electron chi connectivity index (χ2n) is 8.63. The Morgan fingerprint density at radius 2 is 1.74 bits per heavy atom. The summed E-state index contributed by atoms with van der Waals surface area (Å²) in [5.41, 5.74) is 4.25. The van der Waals surface area contributed by atoms with E-state index in [0.717, 1.165) is 67.8 Å². The molecule has 0 spiro atoms. The average molecular weight is 475 g/mol. The quantitative estimate of drug-likeness (QED) is 0.517. The Kier molecular flexibility index (Phi) is 6.97. The summed E-state index contributed by atoms with van der Waals surface area (Å²) < 4.78 is 0. The molecule has 0 amide bonds. The first-order valence-corrected chi connectivity index (χ1v) is 12.8. The maximum atomic E-state index is 11.5. The van der Waals surface area contributed by atoms with E-state index in [1.54, 1.807) is 6.92 Å². The molecule has 2 aliphatic rings. The first-order chi connectivity index (χ1) is 16.7. The van der Waals surface area contributed by atoms with Gasteiger partial charge in [0.05, 0.1) is 0 Å². The van der Waals surface area contributed by atoms with Crippen LogP contribution in [0.15, 0.2) is 60.8 Å². The predicted molar refractivity (Wildman–Crippen MR) is 141 cm³/mol. The van der Waals surface area contributed by atoms with Crippen molar-refractivity contribution in [2.45, 2.75) is 12.2 Å². The van der Waals surface area contributed by atoms with Crippen LogP contribution in [0.3, 0.4) is 0 Å². The Balaban J connectivity index is 1.19. The summed E-state index contributed by atoms with van der Waals surface area (Å²) in [5, 5.41) is 7.34. The van der Waals surface area contributed by atoms with Crippen LogP contribution in [0.1, 0.15) is 28.1 Å². The third-order valence-corrected chi connectivity index (χ3v) is 7.63. The largest absolute Gasteiger partial charge is 0.368 e. The summed E-state index contributed by atoms with van der Waals surface area (Å²) in [7, 11) is 0. The second-order valence-corrected chi connectivity index (χ2v) is 9.94. The lowest BCUT2D eigenvalue weighted by atomic mass is 10.1. The number of nitrogens with one attached hydrogen (secondary N) is 2. The fraction of sp³-hybridized carbons (Fsp3) is 0.346. The van der Waals surface area contributed by atoms with Crippen molar-refractivity contribution < 1.29 is 4.79 Å². The number of hydrogen-bond acceptors (Lipinski definition) is 8. The Morgan fingerprint density at radius 1 is 1.00 bits per heavy atom. The van der Waals surface area contributed by atoms with Crippen molar-refractivity contribution in [3.63, 3.8) is 0 Å². The van der Waals surface area contributed by atoms with E-state index in [0.29, 0.717) is 11.2 Å². The standard InChI is InChI=1S/C26H30N6OS/c1-19(33)20-4-8-23(9-5-20)31-13-15-32(16-14-31)25-10-11-28-26(30-25)29-22-6-2-21(3-7-22)24-18-27-12-17-34-24/h2-11,24,27H,12-18H2,1H3,(H,28,29,30). The number of aromatic nitrogens is 2. The second kappa shape index (κ2) is 10.4. The van der Waals surface area contributed by atoms with Gasteiger partial charge in [0.25, 0.3) is 0 Å². The minimum absolute atomic E-state index is 0.0982. The van der Waals surface area contributed by atoms with E-state index in [1.165, 1.54) is 5.56 Å². The molecular formula is C26H30N6OS. The monoisotopic (exact) mass is 474 g/mol. The van der Waals surface area contributed by atoms with E-state index in [9.17, 15) is 4.79 Å². The molecule has 1 aromatic heterocycles. The van der Waals surface area contributed by atoms with Gasteiger partial charge in [-0.2, -0.15) is 16.7 Å². The molecule has 3 aromatic rings. The molecular weight excluding hydrogens is 444 g/mol.